The summed E-state index contributed by atoms with van der Waals surface area (Å²) in [6.45, 7) is 0. The van der Waals surface area contributed by atoms with Crippen LogP contribution in [0.1, 0.15) is 15.9 Å². The number of amides is 1. The van der Waals surface area contributed by atoms with E-state index in [0.29, 0.717) is 11.3 Å². The van der Waals surface area contributed by atoms with Gasteiger partial charge in [-0.2, -0.15) is 0 Å². The fourth-order valence-corrected chi connectivity index (χ4v) is 1.77. The van der Waals surface area contributed by atoms with Crippen LogP contribution in [0.15, 0.2) is 47.5 Å². The van der Waals surface area contributed by atoms with Gasteiger partial charge >= 0.3 is 0 Å². The van der Waals surface area contributed by atoms with Gasteiger partial charge < -0.3 is 10.4 Å². The van der Waals surface area contributed by atoms with Crippen molar-refractivity contribution in [3.05, 3.63) is 63.7 Å². The van der Waals surface area contributed by atoms with Crippen molar-refractivity contribution in [3.63, 3.8) is 0 Å². The predicted molar refractivity (Wildman–Crippen MR) is 79.6 cm³/mol. The summed E-state index contributed by atoms with van der Waals surface area (Å²) >= 11 is 0. The van der Waals surface area contributed by atoms with Crippen molar-refractivity contribution in [2.24, 2.45) is 4.99 Å². The molecule has 0 fully saturated rings. The van der Waals surface area contributed by atoms with E-state index in [-0.39, 0.29) is 22.9 Å². The quantitative estimate of drug-likeness (QED) is 0.527. The van der Waals surface area contributed by atoms with Gasteiger partial charge in [0.15, 0.2) is 0 Å². The molecule has 2 aromatic carbocycles. The van der Waals surface area contributed by atoms with Gasteiger partial charge in [-0.3, -0.25) is 19.9 Å². The summed E-state index contributed by atoms with van der Waals surface area (Å²) in [6, 6.07) is 9.93. The van der Waals surface area contributed by atoms with Gasteiger partial charge in [0.2, 0.25) is 0 Å². The standard InChI is InChI=1S/C15H13N3O4/c1-16-15(20)10-3-2-4-12(7-10)17-9-11-8-13(18(21)22)5-6-14(11)19/h2-9,19H,1H3,(H,16,20)/p-1. The first-order valence-corrected chi connectivity index (χ1v) is 6.33. The second-order valence-electron chi connectivity index (χ2n) is 4.37. The van der Waals surface area contributed by atoms with Gasteiger partial charge in [0, 0.05) is 31.0 Å². The highest BCUT2D eigenvalue weighted by Crippen LogP contribution is 2.21. The molecule has 2 aromatic rings. The second kappa shape index (κ2) is 6.49. The minimum Gasteiger partial charge on any atom is -0.872 e. The van der Waals surface area contributed by atoms with E-state index in [1.54, 1.807) is 24.3 Å². The van der Waals surface area contributed by atoms with E-state index < -0.39 is 4.92 Å². The summed E-state index contributed by atoms with van der Waals surface area (Å²) < 4.78 is 0. The topological polar surface area (TPSA) is 108 Å². The molecule has 0 heterocycles. The first-order chi connectivity index (χ1) is 10.5. The maximum Gasteiger partial charge on any atom is 0.270 e. The van der Waals surface area contributed by atoms with Crippen LogP contribution in [-0.2, 0) is 0 Å². The number of hydrogen-bond donors (Lipinski definition) is 1. The molecule has 0 atom stereocenters. The van der Waals surface area contributed by atoms with Crippen LogP contribution in [0, 0.1) is 10.1 Å². The third kappa shape index (κ3) is 3.45. The second-order valence-corrected chi connectivity index (χ2v) is 4.37. The molecule has 1 amide bonds. The Morgan fingerprint density at radius 3 is 2.73 bits per heavy atom. The third-order valence-corrected chi connectivity index (χ3v) is 2.89. The van der Waals surface area contributed by atoms with Crippen LogP contribution in [0.3, 0.4) is 0 Å². The number of nitro groups is 1. The zero-order chi connectivity index (χ0) is 16.1. The van der Waals surface area contributed by atoms with Crippen LogP contribution in [0.25, 0.3) is 0 Å². The zero-order valence-electron chi connectivity index (χ0n) is 11.6. The molecule has 1 N–H and O–H groups in total. The van der Waals surface area contributed by atoms with E-state index in [0.717, 1.165) is 18.2 Å². The lowest BCUT2D eigenvalue weighted by molar-refractivity contribution is -0.385. The molecular weight excluding hydrogens is 286 g/mol. The Balaban J connectivity index is 2.31. The molecule has 112 valence electrons. The number of nitrogens with one attached hydrogen (secondary N) is 1. The Kier molecular flexibility index (Phi) is 4.47. The molecular formula is C15H12N3O4-. The highest BCUT2D eigenvalue weighted by atomic mass is 16.6. The number of nitro benzene ring substituents is 1. The molecule has 0 aliphatic rings. The van der Waals surface area contributed by atoms with Crippen molar-refractivity contribution in [1.82, 2.24) is 5.32 Å². The molecule has 0 spiro atoms. The van der Waals surface area contributed by atoms with Crippen LogP contribution in [0.2, 0.25) is 0 Å². The Labute approximate surface area is 126 Å². The van der Waals surface area contributed by atoms with Gasteiger partial charge in [-0.1, -0.05) is 17.9 Å². The average molecular weight is 298 g/mol. The van der Waals surface area contributed by atoms with Crippen molar-refractivity contribution in [2.45, 2.75) is 0 Å². The number of benzene rings is 2. The molecule has 0 bridgehead atoms. The van der Waals surface area contributed by atoms with E-state index in [2.05, 4.69) is 10.3 Å². The smallest absolute Gasteiger partial charge is 0.270 e. The van der Waals surface area contributed by atoms with Crippen LogP contribution in [0.4, 0.5) is 11.4 Å². The Morgan fingerprint density at radius 2 is 2.05 bits per heavy atom. The van der Waals surface area contributed by atoms with E-state index in [1.807, 2.05) is 0 Å². The summed E-state index contributed by atoms with van der Waals surface area (Å²) in [6.07, 6.45) is 1.25. The molecule has 0 saturated heterocycles. The number of hydrogen-bond acceptors (Lipinski definition) is 5. The van der Waals surface area contributed by atoms with Gasteiger partial charge in [-0.05, 0) is 23.8 Å². The van der Waals surface area contributed by atoms with Crippen molar-refractivity contribution < 1.29 is 14.8 Å². The normalized spacial score (nSPS) is 10.6. The Hall–Kier alpha value is -3.22. The number of rotatable bonds is 4. The molecule has 7 nitrogen and oxygen atoms in total. The summed E-state index contributed by atoms with van der Waals surface area (Å²) in [7, 11) is 1.52. The summed E-state index contributed by atoms with van der Waals surface area (Å²) in [5, 5.41) is 24.9. The van der Waals surface area contributed by atoms with E-state index in [1.165, 1.54) is 13.3 Å². The van der Waals surface area contributed by atoms with E-state index in [9.17, 15) is 20.0 Å². The molecule has 0 saturated carbocycles. The van der Waals surface area contributed by atoms with Crippen molar-refractivity contribution in [2.75, 3.05) is 7.05 Å². The Morgan fingerprint density at radius 1 is 1.27 bits per heavy atom. The number of carbonyl (C=O) groups excluding carboxylic acids is 1. The lowest BCUT2D eigenvalue weighted by atomic mass is 10.1. The van der Waals surface area contributed by atoms with Gasteiger partial charge in [-0.25, -0.2) is 0 Å². The van der Waals surface area contributed by atoms with Crippen molar-refractivity contribution >= 4 is 23.5 Å². The molecule has 2 rings (SSSR count). The summed E-state index contributed by atoms with van der Waals surface area (Å²) in [4.78, 5) is 25.7. The third-order valence-electron chi connectivity index (χ3n) is 2.89. The number of nitrogens with zero attached hydrogens (tertiary/aromatic N) is 2. The average Bonchev–Trinajstić information content (AvgIpc) is 2.53. The molecule has 22 heavy (non-hydrogen) atoms. The number of non-ortho nitro benzene ring substituents is 1. The van der Waals surface area contributed by atoms with Crippen LogP contribution < -0.4 is 10.4 Å². The molecule has 0 unspecified atom stereocenters. The van der Waals surface area contributed by atoms with Gasteiger partial charge in [-0.15, -0.1) is 0 Å². The monoisotopic (exact) mass is 298 g/mol. The lowest BCUT2D eigenvalue weighted by Gasteiger charge is -2.08. The fourth-order valence-electron chi connectivity index (χ4n) is 1.77. The minimum absolute atomic E-state index is 0.111. The van der Waals surface area contributed by atoms with Gasteiger partial charge in [0.05, 0.1) is 10.6 Å². The molecule has 0 aromatic heterocycles. The minimum atomic E-state index is -0.580. The molecule has 0 aliphatic carbocycles. The highest BCUT2D eigenvalue weighted by Gasteiger charge is 2.06. The number of carbonyl (C=O) groups is 1. The largest absolute Gasteiger partial charge is 0.872 e. The number of aliphatic imine (C=N–C) groups is 1. The van der Waals surface area contributed by atoms with Gasteiger partial charge in [0.1, 0.15) is 0 Å². The highest BCUT2D eigenvalue weighted by molar-refractivity contribution is 5.95. The van der Waals surface area contributed by atoms with Crippen LogP contribution >= 0.6 is 0 Å². The maximum atomic E-state index is 11.7. The Bertz CT molecular complexity index is 756. The fraction of sp³-hybridized carbons (Fsp3) is 0.0667. The first-order valence-electron chi connectivity index (χ1n) is 6.33. The first kappa shape index (κ1) is 15.2. The maximum absolute atomic E-state index is 11.7. The predicted octanol–water partition coefficient (Wildman–Crippen LogP) is 1.78. The van der Waals surface area contributed by atoms with Crippen molar-refractivity contribution in [1.29, 1.82) is 0 Å². The van der Waals surface area contributed by atoms with Crippen molar-refractivity contribution in [3.8, 4) is 5.75 Å². The molecule has 7 heteroatoms. The van der Waals surface area contributed by atoms with Gasteiger partial charge in [0.25, 0.3) is 11.6 Å². The SMILES string of the molecule is CNC(=O)c1cccc(N=Cc2cc([N+](=O)[O-])ccc2[O-])c1. The van der Waals surface area contributed by atoms with Crippen LogP contribution in [-0.4, -0.2) is 24.1 Å². The molecule has 0 aliphatic heterocycles. The van der Waals surface area contributed by atoms with E-state index >= 15 is 0 Å². The van der Waals surface area contributed by atoms with Crippen LogP contribution in [0.5, 0.6) is 5.75 Å². The summed E-state index contributed by atoms with van der Waals surface area (Å²) in [5.74, 6) is -0.617. The van der Waals surface area contributed by atoms with E-state index in [4.69, 9.17) is 0 Å². The zero-order valence-corrected chi connectivity index (χ0v) is 11.6. The summed E-state index contributed by atoms with van der Waals surface area (Å²) in [5.41, 5.74) is 0.824. The lowest BCUT2D eigenvalue weighted by Crippen LogP contribution is -2.17. The molecule has 0 radical (unpaired) electrons.